The number of para-hydroxylation sites is 1. The first-order chi connectivity index (χ1) is 9.72. The molecule has 0 fully saturated rings. The molecule has 0 spiro atoms. The lowest BCUT2D eigenvalue weighted by atomic mass is 10.2. The second-order valence-electron chi connectivity index (χ2n) is 4.55. The minimum atomic E-state index is -0.933. The van der Waals surface area contributed by atoms with Crippen LogP contribution in [0, 0.1) is 0 Å². The molecular weight excluding hydrogens is 252 g/mol. The number of hydrogen-bond donors (Lipinski definition) is 1. The van der Waals surface area contributed by atoms with Gasteiger partial charge in [-0.1, -0.05) is 31.5 Å². The van der Waals surface area contributed by atoms with E-state index >= 15 is 0 Å². The number of carboxylic acids is 1. The van der Waals surface area contributed by atoms with Crippen molar-refractivity contribution >= 4 is 17.5 Å². The number of anilines is 2. The predicted molar refractivity (Wildman–Crippen MR) is 79.6 cm³/mol. The summed E-state index contributed by atoms with van der Waals surface area (Å²) in [5, 5.41) is 9.09. The number of aromatic carboxylic acids is 1. The number of rotatable bonds is 6. The van der Waals surface area contributed by atoms with Crippen LogP contribution in [0.3, 0.4) is 0 Å². The Kier molecular flexibility index (Phi) is 4.71. The van der Waals surface area contributed by atoms with Crippen LogP contribution in [0.2, 0.25) is 0 Å². The number of hydrogen-bond acceptors (Lipinski definition) is 3. The molecule has 1 N–H and O–H groups in total. The first kappa shape index (κ1) is 14.1. The van der Waals surface area contributed by atoms with Crippen LogP contribution in [-0.2, 0) is 0 Å². The third kappa shape index (κ3) is 3.35. The largest absolute Gasteiger partial charge is 0.478 e. The van der Waals surface area contributed by atoms with Crippen molar-refractivity contribution in [2.75, 3.05) is 11.4 Å². The summed E-state index contributed by atoms with van der Waals surface area (Å²) in [6.45, 7) is 2.95. The normalized spacial score (nSPS) is 10.2. The topological polar surface area (TPSA) is 53.4 Å². The van der Waals surface area contributed by atoms with E-state index in [2.05, 4.69) is 16.8 Å². The molecule has 0 saturated heterocycles. The number of aromatic nitrogens is 1. The molecule has 1 aromatic carbocycles. The fourth-order valence-corrected chi connectivity index (χ4v) is 2.00. The highest BCUT2D eigenvalue weighted by Gasteiger charge is 2.12. The molecule has 1 heterocycles. The maximum absolute atomic E-state index is 11.1. The van der Waals surface area contributed by atoms with E-state index in [-0.39, 0.29) is 5.56 Å². The highest BCUT2D eigenvalue weighted by atomic mass is 16.4. The summed E-state index contributed by atoms with van der Waals surface area (Å²) in [4.78, 5) is 17.4. The second-order valence-corrected chi connectivity index (χ2v) is 4.55. The molecule has 0 saturated carbocycles. The molecule has 104 valence electrons. The molecular formula is C16H18N2O2. The van der Waals surface area contributed by atoms with Gasteiger partial charge in [0, 0.05) is 18.4 Å². The second kappa shape index (κ2) is 6.70. The third-order valence-corrected chi connectivity index (χ3v) is 3.07. The molecule has 0 aliphatic carbocycles. The molecule has 0 amide bonds. The maximum Gasteiger partial charge on any atom is 0.335 e. The molecule has 0 bridgehead atoms. The number of carbonyl (C=O) groups is 1. The average molecular weight is 270 g/mol. The van der Waals surface area contributed by atoms with Gasteiger partial charge in [-0.25, -0.2) is 9.78 Å². The zero-order valence-electron chi connectivity index (χ0n) is 11.5. The van der Waals surface area contributed by atoms with E-state index in [1.54, 1.807) is 12.3 Å². The molecule has 0 unspecified atom stereocenters. The lowest BCUT2D eigenvalue weighted by molar-refractivity contribution is 0.0697. The Hall–Kier alpha value is -2.36. The van der Waals surface area contributed by atoms with Crippen LogP contribution < -0.4 is 4.90 Å². The smallest absolute Gasteiger partial charge is 0.335 e. The predicted octanol–water partition coefficient (Wildman–Crippen LogP) is 3.72. The zero-order valence-corrected chi connectivity index (χ0v) is 11.5. The quantitative estimate of drug-likeness (QED) is 0.869. The van der Waals surface area contributed by atoms with Gasteiger partial charge in [0.15, 0.2) is 0 Å². The van der Waals surface area contributed by atoms with Crippen molar-refractivity contribution in [2.24, 2.45) is 0 Å². The van der Waals surface area contributed by atoms with Gasteiger partial charge in [-0.05, 0) is 30.7 Å². The van der Waals surface area contributed by atoms with Gasteiger partial charge in [0.25, 0.3) is 0 Å². The van der Waals surface area contributed by atoms with E-state index in [1.165, 1.54) is 6.07 Å². The van der Waals surface area contributed by atoms with Gasteiger partial charge < -0.3 is 10.0 Å². The summed E-state index contributed by atoms with van der Waals surface area (Å²) in [5.41, 5.74) is 1.28. The zero-order chi connectivity index (χ0) is 14.4. The lowest BCUT2D eigenvalue weighted by Gasteiger charge is -2.24. The van der Waals surface area contributed by atoms with Crippen molar-refractivity contribution in [3.05, 3.63) is 54.2 Å². The van der Waals surface area contributed by atoms with E-state index in [0.29, 0.717) is 5.82 Å². The summed E-state index contributed by atoms with van der Waals surface area (Å²) in [6.07, 6.45) is 3.64. The van der Waals surface area contributed by atoms with Gasteiger partial charge in [0.1, 0.15) is 5.82 Å². The fraction of sp³-hybridized carbons (Fsp3) is 0.250. The Morgan fingerprint density at radius 1 is 1.25 bits per heavy atom. The van der Waals surface area contributed by atoms with Crippen LogP contribution in [0.25, 0.3) is 0 Å². The Morgan fingerprint density at radius 3 is 2.65 bits per heavy atom. The van der Waals surface area contributed by atoms with Crippen molar-refractivity contribution in [1.82, 2.24) is 4.98 Å². The average Bonchev–Trinajstić information content (AvgIpc) is 2.49. The van der Waals surface area contributed by atoms with Crippen LogP contribution in [0.5, 0.6) is 0 Å². The Morgan fingerprint density at radius 2 is 2.00 bits per heavy atom. The minimum Gasteiger partial charge on any atom is -0.478 e. The van der Waals surface area contributed by atoms with Crippen molar-refractivity contribution in [2.45, 2.75) is 19.8 Å². The standard InChI is InChI=1S/C16H18N2O2/c1-2-3-11-18(14-7-5-4-6-8-14)15-12-13(16(19)20)9-10-17-15/h4-10,12H,2-3,11H2,1H3,(H,19,20). The van der Waals surface area contributed by atoms with Gasteiger partial charge in [0.05, 0.1) is 5.56 Å². The Bertz CT molecular complexity index is 570. The van der Waals surface area contributed by atoms with Crippen molar-refractivity contribution in [3.63, 3.8) is 0 Å². The summed E-state index contributed by atoms with van der Waals surface area (Å²) in [6, 6.07) is 13.0. The van der Waals surface area contributed by atoms with Crippen LogP contribution in [0.1, 0.15) is 30.1 Å². The Balaban J connectivity index is 2.36. The first-order valence-electron chi connectivity index (χ1n) is 6.74. The van der Waals surface area contributed by atoms with Crippen LogP contribution in [0.15, 0.2) is 48.7 Å². The SMILES string of the molecule is CCCCN(c1ccccc1)c1cc(C(=O)O)ccn1. The molecule has 4 heteroatoms. The lowest BCUT2D eigenvalue weighted by Crippen LogP contribution is -2.19. The maximum atomic E-state index is 11.1. The molecule has 2 rings (SSSR count). The van der Waals surface area contributed by atoms with Crippen LogP contribution in [-0.4, -0.2) is 22.6 Å². The van der Waals surface area contributed by atoms with Crippen LogP contribution in [0.4, 0.5) is 11.5 Å². The number of benzene rings is 1. The summed E-state index contributed by atoms with van der Waals surface area (Å²) >= 11 is 0. The van der Waals surface area contributed by atoms with Gasteiger partial charge in [-0.3, -0.25) is 0 Å². The molecule has 1 aromatic heterocycles. The monoisotopic (exact) mass is 270 g/mol. The number of carboxylic acid groups (broad SMARTS) is 1. The van der Waals surface area contributed by atoms with Gasteiger partial charge in [0.2, 0.25) is 0 Å². The fourth-order valence-electron chi connectivity index (χ4n) is 2.00. The van der Waals surface area contributed by atoms with E-state index in [9.17, 15) is 4.79 Å². The van der Waals surface area contributed by atoms with Crippen molar-refractivity contribution in [1.29, 1.82) is 0 Å². The summed E-state index contributed by atoms with van der Waals surface area (Å²) in [7, 11) is 0. The molecule has 0 aliphatic rings. The number of pyridine rings is 1. The molecule has 4 nitrogen and oxygen atoms in total. The molecule has 2 aromatic rings. The Labute approximate surface area is 118 Å². The minimum absolute atomic E-state index is 0.257. The van der Waals surface area contributed by atoms with E-state index < -0.39 is 5.97 Å². The van der Waals surface area contributed by atoms with Crippen molar-refractivity contribution < 1.29 is 9.90 Å². The van der Waals surface area contributed by atoms with E-state index in [4.69, 9.17) is 5.11 Å². The molecule has 0 radical (unpaired) electrons. The van der Waals surface area contributed by atoms with Crippen molar-refractivity contribution in [3.8, 4) is 0 Å². The molecule has 0 aliphatic heterocycles. The summed E-state index contributed by atoms with van der Waals surface area (Å²) in [5.74, 6) is -0.262. The highest BCUT2D eigenvalue weighted by molar-refractivity contribution is 5.88. The van der Waals surface area contributed by atoms with Gasteiger partial charge in [-0.15, -0.1) is 0 Å². The van der Waals surface area contributed by atoms with Gasteiger partial charge >= 0.3 is 5.97 Å². The van der Waals surface area contributed by atoms with Gasteiger partial charge in [-0.2, -0.15) is 0 Å². The number of nitrogens with zero attached hydrogens (tertiary/aromatic N) is 2. The first-order valence-corrected chi connectivity index (χ1v) is 6.74. The van der Waals surface area contributed by atoms with E-state index in [0.717, 1.165) is 25.1 Å². The summed E-state index contributed by atoms with van der Waals surface area (Å²) < 4.78 is 0. The molecule has 0 atom stereocenters. The third-order valence-electron chi connectivity index (χ3n) is 3.07. The number of unbranched alkanes of at least 4 members (excludes halogenated alkanes) is 1. The highest BCUT2D eigenvalue weighted by Crippen LogP contribution is 2.24. The molecule has 20 heavy (non-hydrogen) atoms. The van der Waals surface area contributed by atoms with E-state index in [1.807, 2.05) is 30.3 Å². The van der Waals surface area contributed by atoms with Crippen LogP contribution >= 0.6 is 0 Å².